The number of ether oxygens (including phenoxy) is 2. The van der Waals surface area contributed by atoms with Gasteiger partial charge in [0, 0.05) is 5.92 Å². The van der Waals surface area contributed by atoms with Crippen LogP contribution in [0.1, 0.15) is 25.0 Å². The predicted molar refractivity (Wildman–Crippen MR) is 118 cm³/mol. The number of carbonyl (C=O) groups excluding carboxylic acids is 3. The summed E-state index contributed by atoms with van der Waals surface area (Å²) in [5, 5.41) is 10.4. The molecule has 0 aromatic heterocycles. The van der Waals surface area contributed by atoms with E-state index in [4.69, 9.17) is 9.47 Å². The molecule has 1 aliphatic heterocycles. The number of benzene rings is 2. The first-order valence-electron chi connectivity index (χ1n) is 10.8. The lowest BCUT2D eigenvalue weighted by Crippen LogP contribution is -2.46. The number of rotatable bonds is 10. The van der Waals surface area contributed by atoms with Crippen LogP contribution in [0.25, 0.3) is 0 Å². The van der Waals surface area contributed by atoms with Gasteiger partial charge >= 0.3 is 6.09 Å². The van der Waals surface area contributed by atoms with Crippen molar-refractivity contribution in [3.63, 3.8) is 0 Å². The highest BCUT2D eigenvalue weighted by molar-refractivity contribution is 6.07. The van der Waals surface area contributed by atoms with E-state index in [1.165, 1.54) is 6.92 Å². The van der Waals surface area contributed by atoms with Gasteiger partial charge in [-0.25, -0.2) is 9.69 Å². The molecule has 1 fully saturated rings. The molecule has 7 nitrogen and oxygen atoms in total. The summed E-state index contributed by atoms with van der Waals surface area (Å²) in [6.07, 6.45) is -1.35. The van der Waals surface area contributed by atoms with Crippen LogP contribution < -0.4 is 0 Å². The van der Waals surface area contributed by atoms with Gasteiger partial charge in [0.1, 0.15) is 6.61 Å². The summed E-state index contributed by atoms with van der Waals surface area (Å²) < 4.78 is 10.6. The molecule has 1 heterocycles. The van der Waals surface area contributed by atoms with E-state index >= 15 is 0 Å². The predicted octanol–water partition coefficient (Wildman–Crippen LogP) is 3.00. The largest absolute Gasteiger partial charge is 0.447 e. The molecular formula is C25H29NO6. The van der Waals surface area contributed by atoms with Crippen LogP contribution >= 0.6 is 0 Å². The quantitative estimate of drug-likeness (QED) is 0.572. The summed E-state index contributed by atoms with van der Waals surface area (Å²) in [6, 6.07) is 18.5. The number of amides is 2. The lowest BCUT2D eigenvalue weighted by Gasteiger charge is -2.25. The lowest BCUT2D eigenvalue weighted by molar-refractivity contribution is -0.142. The fraction of sp³-hybridized carbons (Fsp3) is 0.400. The highest BCUT2D eigenvalue weighted by Gasteiger charge is 2.42. The van der Waals surface area contributed by atoms with Crippen molar-refractivity contribution in [2.75, 3.05) is 13.2 Å². The van der Waals surface area contributed by atoms with Crippen molar-refractivity contribution in [1.29, 1.82) is 0 Å². The summed E-state index contributed by atoms with van der Waals surface area (Å²) in [6.45, 7) is 3.39. The van der Waals surface area contributed by atoms with E-state index in [1.54, 1.807) is 6.92 Å². The van der Waals surface area contributed by atoms with Crippen LogP contribution in [0.4, 0.5) is 4.79 Å². The van der Waals surface area contributed by atoms with E-state index in [0.29, 0.717) is 13.0 Å². The van der Waals surface area contributed by atoms with Crippen molar-refractivity contribution >= 4 is 17.8 Å². The van der Waals surface area contributed by atoms with Crippen LogP contribution in [0.3, 0.4) is 0 Å². The SMILES string of the molecule is C[C@H](C(=O)[C@@H](C)[C@H](O)COCc1ccccc1)C(=O)N1C(=O)OC[C@H]1Cc1ccccc1. The van der Waals surface area contributed by atoms with Crippen molar-refractivity contribution in [2.24, 2.45) is 11.8 Å². The minimum absolute atomic E-state index is 0.0366. The van der Waals surface area contributed by atoms with Gasteiger partial charge in [-0.15, -0.1) is 0 Å². The molecule has 0 saturated carbocycles. The van der Waals surface area contributed by atoms with Gasteiger partial charge in [0.25, 0.3) is 0 Å². The maximum absolute atomic E-state index is 13.0. The van der Waals surface area contributed by atoms with Gasteiger partial charge in [0.15, 0.2) is 5.78 Å². The molecule has 1 N–H and O–H groups in total. The monoisotopic (exact) mass is 439 g/mol. The summed E-state index contributed by atoms with van der Waals surface area (Å²) >= 11 is 0. The highest BCUT2D eigenvalue weighted by atomic mass is 16.6. The maximum Gasteiger partial charge on any atom is 0.417 e. The minimum atomic E-state index is -1.09. The molecule has 4 atom stereocenters. The zero-order valence-corrected chi connectivity index (χ0v) is 18.3. The lowest BCUT2D eigenvalue weighted by atomic mass is 9.90. The van der Waals surface area contributed by atoms with E-state index in [2.05, 4.69) is 0 Å². The molecule has 2 aromatic rings. The van der Waals surface area contributed by atoms with Crippen molar-refractivity contribution in [2.45, 2.75) is 39.0 Å². The molecule has 7 heteroatoms. The van der Waals surface area contributed by atoms with E-state index in [0.717, 1.165) is 16.0 Å². The normalized spacial score (nSPS) is 18.7. The number of nitrogens with zero attached hydrogens (tertiary/aromatic N) is 1. The molecule has 0 aliphatic carbocycles. The zero-order valence-electron chi connectivity index (χ0n) is 18.3. The van der Waals surface area contributed by atoms with Crippen molar-refractivity contribution < 1.29 is 29.0 Å². The number of ketones is 1. The highest BCUT2D eigenvalue weighted by Crippen LogP contribution is 2.22. The second-order valence-electron chi connectivity index (χ2n) is 8.11. The van der Waals surface area contributed by atoms with Gasteiger partial charge < -0.3 is 14.6 Å². The first-order valence-corrected chi connectivity index (χ1v) is 10.8. The molecule has 32 heavy (non-hydrogen) atoms. The number of aliphatic hydroxyl groups excluding tert-OH is 1. The van der Waals surface area contributed by atoms with Crippen LogP contribution in [-0.4, -0.2) is 53.1 Å². The molecule has 170 valence electrons. The Bertz CT molecular complexity index is 917. The summed E-state index contributed by atoms with van der Waals surface area (Å²) in [5.41, 5.74) is 1.92. The number of imide groups is 1. The number of aliphatic hydroxyl groups is 1. The van der Waals surface area contributed by atoms with Crippen molar-refractivity contribution in [3.05, 3.63) is 71.8 Å². The van der Waals surface area contributed by atoms with Crippen LogP contribution in [0.5, 0.6) is 0 Å². The molecule has 2 amide bonds. The van der Waals surface area contributed by atoms with Crippen LogP contribution in [0, 0.1) is 11.8 Å². The van der Waals surface area contributed by atoms with Crippen LogP contribution in [0.2, 0.25) is 0 Å². The van der Waals surface area contributed by atoms with Gasteiger partial charge in [-0.05, 0) is 24.5 Å². The molecular weight excluding hydrogens is 410 g/mol. The minimum Gasteiger partial charge on any atom is -0.447 e. The Morgan fingerprint density at radius 1 is 1.06 bits per heavy atom. The Hall–Kier alpha value is -3.03. The van der Waals surface area contributed by atoms with Gasteiger partial charge in [0.05, 0.1) is 31.3 Å². The molecule has 1 saturated heterocycles. The molecule has 0 bridgehead atoms. The zero-order chi connectivity index (χ0) is 23.1. The number of hydrogen-bond donors (Lipinski definition) is 1. The van der Waals surface area contributed by atoms with Gasteiger partial charge in [-0.2, -0.15) is 0 Å². The third-order valence-corrected chi connectivity index (χ3v) is 5.74. The van der Waals surface area contributed by atoms with Crippen LogP contribution in [-0.2, 0) is 32.1 Å². The molecule has 0 spiro atoms. The molecule has 1 aliphatic rings. The second-order valence-corrected chi connectivity index (χ2v) is 8.11. The Balaban J connectivity index is 1.56. The first kappa shape index (κ1) is 23.6. The number of carbonyl (C=O) groups is 3. The van der Waals surface area contributed by atoms with Crippen LogP contribution in [0.15, 0.2) is 60.7 Å². The Labute approximate surface area is 187 Å². The molecule has 0 unspecified atom stereocenters. The molecule has 2 aromatic carbocycles. The average molecular weight is 440 g/mol. The fourth-order valence-electron chi connectivity index (χ4n) is 3.70. The average Bonchev–Trinajstić information content (AvgIpc) is 3.18. The van der Waals surface area contributed by atoms with Crippen molar-refractivity contribution in [3.8, 4) is 0 Å². The van der Waals surface area contributed by atoms with E-state index in [9.17, 15) is 19.5 Å². The van der Waals surface area contributed by atoms with E-state index in [-0.39, 0.29) is 13.2 Å². The Morgan fingerprint density at radius 3 is 2.28 bits per heavy atom. The Kier molecular flexibility index (Phi) is 8.14. The van der Waals surface area contributed by atoms with E-state index in [1.807, 2.05) is 60.7 Å². The molecule has 0 radical (unpaired) electrons. The topological polar surface area (TPSA) is 93.1 Å². The summed E-state index contributed by atoms with van der Waals surface area (Å²) in [7, 11) is 0. The molecule has 3 rings (SSSR count). The fourth-order valence-corrected chi connectivity index (χ4v) is 3.70. The van der Waals surface area contributed by atoms with Crippen molar-refractivity contribution in [1.82, 2.24) is 4.90 Å². The number of Topliss-reactive ketones (excluding diaryl/α,β-unsaturated/α-hetero) is 1. The third kappa shape index (κ3) is 5.81. The third-order valence-electron chi connectivity index (χ3n) is 5.74. The second kappa shape index (κ2) is 11.0. The number of cyclic esters (lactones) is 1. The number of hydrogen-bond acceptors (Lipinski definition) is 6. The van der Waals surface area contributed by atoms with Gasteiger partial charge in [0.2, 0.25) is 5.91 Å². The van der Waals surface area contributed by atoms with E-state index < -0.39 is 41.8 Å². The van der Waals surface area contributed by atoms with Gasteiger partial charge in [-0.3, -0.25) is 9.59 Å². The maximum atomic E-state index is 13.0. The smallest absolute Gasteiger partial charge is 0.417 e. The Morgan fingerprint density at radius 2 is 1.66 bits per heavy atom. The standard InChI is InChI=1S/C25H29NO6/c1-17(22(27)16-31-14-20-11-7-4-8-12-20)23(28)18(2)24(29)26-21(15-32-25(26)30)13-19-9-5-3-6-10-19/h3-12,17-18,21-22,27H,13-16H2,1-2H3/t17-,18+,21+,22+/m0/s1. The van der Waals surface area contributed by atoms with Gasteiger partial charge in [-0.1, -0.05) is 67.6 Å². The summed E-state index contributed by atoms with van der Waals surface area (Å²) in [4.78, 5) is 39.2. The first-order chi connectivity index (χ1) is 15.4. The summed E-state index contributed by atoms with van der Waals surface area (Å²) in [5.74, 6) is -2.96.